The molecule has 1 aromatic heterocycles. The number of carbonyl (C=O) groups excluding carboxylic acids is 1. The highest BCUT2D eigenvalue weighted by molar-refractivity contribution is 7.88. The van der Waals surface area contributed by atoms with Crippen molar-refractivity contribution in [2.75, 3.05) is 39.6 Å². The molecule has 1 atom stereocenters. The maximum atomic E-state index is 12.4. The lowest BCUT2D eigenvalue weighted by Gasteiger charge is -2.39. The first kappa shape index (κ1) is 17.4. The van der Waals surface area contributed by atoms with E-state index in [9.17, 15) is 13.2 Å². The van der Waals surface area contributed by atoms with E-state index < -0.39 is 10.0 Å². The van der Waals surface area contributed by atoms with Gasteiger partial charge in [0.1, 0.15) is 5.69 Å². The lowest BCUT2D eigenvalue weighted by Crippen LogP contribution is -2.44. The molecule has 8 nitrogen and oxygen atoms in total. The summed E-state index contributed by atoms with van der Waals surface area (Å²) in [6, 6.07) is 1.56. The monoisotopic (exact) mass is 356 g/mol. The van der Waals surface area contributed by atoms with Crippen LogP contribution < -0.4 is 0 Å². The van der Waals surface area contributed by atoms with Gasteiger partial charge in [0, 0.05) is 39.0 Å². The van der Waals surface area contributed by atoms with E-state index in [1.165, 1.54) is 6.26 Å². The predicted molar refractivity (Wildman–Crippen MR) is 88.0 cm³/mol. The molecule has 0 aromatic carbocycles. The number of carbonyl (C=O) groups is 1. The predicted octanol–water partition coefficient (Wildman–Crippen LogP) is 0.312. The summed E-state index contributed by atoms with van der Waals surface area (Å²) < 4.78 is 30.9. The van der Waals surface area contributed by atoms with Gasteiger partial charge in [-0.25, -0.2) is 8.42 Å². The number of nitrogens with one attached hydrogen (secondary N) is 1. The van der Waals surface area contributed by atoms with E-state index in [4.69, 9.17) is 4.74 Å². The molecule has 0 radical (unpaired) electrons. The first-order chi connectivity index (χ1) is 11.3. The minimum atomic E-state index is -3.26. The van der Waals surface area contributed by atoms with Crippen LogP contribution in [-0.2, 0) is 14.8 Å². The summed E-state index contributed by atoms with van der Waals surface area (Å²) in [6.07, 6.45) is 5.22. The Hall–Kier alpha value is -1.45. The van der Waals surface area contributed by atoms with Crippen LogP contribution in [0.3, 0.4) is 0 Å². The molecule has 2 aliphatic heterocycles. The van der Waals surface area contributed by atoms with Gasteiger partial charge in [0.25, 0.3) is 5.91 Å². The van der Waals surface area contributed by atoms with Gasteiger partial charge in [0.05, 0.1) is 12.9 Å². The molecule has 0 saturated carbocycles. The second-order valence-electron chi connectivity index (χ2n) is 6.88. The number of aromatic amines is 1. The number of nitrogens with zero attached hydrogens (tertiary/aromatic N) is 3. The van der Waals surface area contributed by atoms with Crippen molar-refractivity contribution in [2.24, 2.45) is 5.41 Å². The van der Waals surface area contributed by atoms with E-state index in [1.54, 1.807) is 23.7 Å². The summed E-state index contributed by atoms with van der Waals surface area (Å²) >= 11 is 0. The number of amides is 1. The molecule has 2 saturated heterocycles. The number of sulfonamides is 1. The minimum Gasteiger partial charge on any atom is -0.383 e. The zero-order valence-electron chi connectivity index (χ0n) is 14.1. The van der Waals surface area contributed by atoms with Gasteiger partial charge in [0.2, 0.25) is 10.0 Å². The van der Waals surface area contributed by atoms with Crippen molar-refractivity contribution in [3.05, 3.63) is 18.0 Å². The molecule has 0 aliphatic carbocycles. The van der Waals surface area contributed by atoms with Crippen LogP contribution >= 0.6 is 0 Å². The van der Waals surface area contributed by atoms with Crippen molar-refractivity contribution >= 4 is 15.9 Å². The topological polar surface area (TPSA) is 95.6 Å². The third-order valence-electron chi connectivity index (χ3n) is 5.19. The second-order valence-corrected chi connectivity index (χ2v) is 8.82. The normalized spacial score (nSPS) is 24.6. The summed E-state index contributed by atoms with van der Waals surface area (Å²) in [5.41, 5.74) is 0.434. The molecule has 1 spiro atoms. The highest BCUT2D eigenvalue weighted by Crippen LogP contribution is 2.44. The van der Waals surface area contributed by atoms with E-state index in [2.05, 4.69) is 10.2 Å². The van der Waals surface area contributed by atoms with E-state index in [0.29, 0.717) is 31.9 Å². The molecule has 1 unspecified atom stereocenters. The molecule has 0 bridgehead atoms. The maximum Gasteiger partial charge on any atom is 0.271 e. The Balaban J connectivity index is 1.68. The van der Waals surface area contributed by atoms with Crippen LogP contribution in [0.4, 0.5) is 0 Å². The number of hydrogen-bond donors (Lipinski definition) is 1. The molecule has 134 valence electrons. The molecule has 24 heavy (non-hydrogen) atoms. The summed E-state index contributed by atoms with van der Waals surface area (Å²) in [5.74, 6) is -0.0474. The maximum absolute atomic E-state index is 12.4. The van der Waals surface area contributed by atoms with E-state index in [0.717, 1.165) is 19.3 Å². The van der Waals surface area contributed by atoms with Crippen molar-refractivity contribution in [1.82, 2.24) is 19.4 Å². The Morgan fingerprint density at radius 1 is 1.46 bits per heavy atom. The van der Waals surface area contributed by atoms with Crippen LogP contribution in [0.25, 0.3) is 0 Å². The zero-order valence-corrected chi connectivity index (χ0v) is 14.9. The lowest BCUT2D eigenvalue weighted by molar-refractivity contribution is 0.0589. The summed E-state index contributed by atoms with van der Waals surface area (Å²) in [4.78, 5) is 14.2. The quantitative estimate of drug-likeness (QED) is 0.838. The first-order valence-corrected chi connectivity index (χ1v) is 9.94. The van der Waals surface area contributed by atoms with Crippen molar-refractivity contribution in [3.8, 4) is 0 Å². The SMILES string of the molecule is COCC1CC2(CCN(C(=O)c3ccn[nH]3)CC2)CN1S(C)(=O)=O. The molecule has 1 amide bonds. The van der Waals surface area contributed by atoms with Crippen molar-refractivity contribution in [3.63, 3.8) is 0 Å². The third kappa shape index (κ3) is 3.33. The van der Waals surface area contributed by atoms with Crippen molar-refractivity contribution in [2.45, 2.75) is 25.3 Å². The van der Waals surface area contributed by atoms with Crippen LogP contribution in [0.5, 0.6) is 0 Å². The smallest absolute Gasteiger partial charge is 0.271 e. The van der Waals surface area contributed by atoms with Crippen LogP contribution in [0.15, 0.2) is 12.3 Å². The number of piperidine rings is 1. The first-order valence-electron chi connectivity index (χ1n) is 8.09. The lowest BCUT2D eigenvalue weighted by atomic mass is 9.76. The van der Waals surface area contributed by atoms with Crippen LogP contribution in [0.1, 0.15) is 29.8 Å². The third-order valence-corrected chi connectivity index (χ3v) is 6.47. The van der Waals surface area contributed by atoms with Gasteiger partial charge in [-0.2, -0.15) is 9.40 Å². The van der Waals surface area contributed by atoms with Gasteiger partial charge in [-0.3, -0.25) is 9.89 Å². The fourth-order valence-electron chi connectivity index (χ4n) is 3.94. The zero-order chi connectivity index (χ0) is 17.4. The Labute approximate surface area is 142 Å². The molecular weight excluding hydrogens is 332 g/mol. The van der Waals surface area contributed by atoms with Gasteiger partial charge in [0.15, 0.2) is 0 Å². The number of aromatic nitrogens is 2. The average molecular weight is 356 g/mol. The van der Waals surface area contributed by atoms with Gasteiger partial charge in [-0.15, -0.1) is 0 Å². The number of likely N-dealkylation sites (tertiary alicyclic amines) is 1. The molecule has 1 N–H and O–H groups in total. The number of methoxy groups -OCH3 is 1. The van der Waals surface area contributed by atoms with Gasteiger partial charge < -0.3 is 9.64 Å². The number of ether oxygens (including phenoxy) is 1. The number of H-pyrrole nitrogens is 1. The van der Waals surface area contributed by atoms with Crippen LogP contribution in [0, 0.1) is 5.41 Å². The Morgan fingerprint density at radius 3 is 2.71 bits per heavy atom. The summed E-state index contributed by atoms with van der Waals surface area (Å²) in [7, 11) is -1.66. The average Bonchev–Trinajstić information content (AvgIpc) is 3.16. The number of rotatable bonds is 4. The fourth-order valence-corrected chi connectivity index (χ4v) is 5.13. The Morgan fingerprint density at radius 2 is 2.17 bits per heavy atom. The largest absolute Gasteiger partial charge is 0.383 e. The molecule has 3 rings (SSSR count). The Bertz CT molecular complexity index is 680. The van der Waals surface area contributed by atoms with Crippen molar-refractivity contribution in [1.29, 1.82) is 0 Å². The molecule has 2 fully saturated rings. The Kier molecular flexibility index (Phi) is 4.67. The van der Waals surface area contributed by atoms with E-state index in [-0.39, 0.29) is 17.4 Å². The highest BCUT2D eigenvalue weighted by atomic mass is 32.2. The minimum absolute atomic E-state index is 0.0474. The van der Waals surface area contributed by atoms with Crippen LogP contribution in [0.2, 0.25) is 0 Å². The van der Waals surface area contributed by atoms with E-state index >= 15 is 0 Å². The molecule has 2 aliphatic rings. The summed E-state index contributed by atoms with van der Waals surface area (Å²) in [5, 5.41) is 6.52. The molecular formula is C15H24N4O4S. The second kappa shape index (κ2) is 6.45. The van der Waals surface area contributed by atoms with Crippen molar-refractivity contribution < 1.29 is 17.9 Å². The van der Waals surface area contributed by atoms with Gasteiger partial charge in [-0.05, 0) is 30.7 Å². The number of hydrogen-bond acceptors (Lipinski definition) is 5. The summed E-state index contributed by atoms with van der Waals surface area (Å²) in [6.45, 7) is 2.20. The van der Waals surface area contributed by atoms with Gasteiger partial charge >= 0.3 is 0 Å². The van der Waals surface area contributed by atoms with Gasteiger partial charge in [-0.1, -0.05) is 0 Å². The van der Waals surface area contributed by atoms with E-state index in [1.807, 2.05) is 4.90 Å². The highest BCUT2D eigenvalue weighted by Gasteiger charge is 2.48. The van der Waals surface area contributed by atoms with Crippen LogP contribution in [-0.4, -0.2) is 79.4 Å². The molecule has 9 heteroatoms. The molecule has 1 aromatic rings. The molecule has 3 heterocycles. The standard InChI is InChI=1S/C15H24N4O4S/c1-23-10-12-9-15(11-19(12)24(2,21)22)4-7-18(8-5-15)14(20)13-3-6-16-17-13/h3,6,12H,4-5,7-11H2,1-2H3,(H,16,17). The fraction of sp³-hybridized carbons (Fsp3) is 0.733.